The normalized spacial score (nSPS) is 13.6. The van der Waals surface area contributed by atoms with Gasteiger partial charge in [0.25, 0.3) is 0 Å². The predicted octanol–water partition coefficient (Wildman–Crippen LogP) is 15.2. The Labute approximate surface area is 402 Å². The summed E-state index contributed by atoms with van der Waals surface area (Å²) in [5.41, 5.74) is 5.37. The van der Waals surface area contributed by atoms with Gasteiger partial charge in [-0.15, -0.1) is 78.4 Å². The number of pyridine rings is 3. The second kappa shape index (κ2) is 20.6. The van der Waals surface area contributed by atoms with Crippen LogP contribution in [0.3, 0.4) is 0 Å². The summed E-state index contributed by atoms with van der Waals surface area (Å²) in [4.78, 5) is 12.7. The minimum Gasteiger partial charge on any atom is -0.501 e. The van der Waals surface area contributed by atoms with Gasteiger partial charge in [0, 0.05) is 40.8 Å². The summed E-state index contributed by atoms with van der Waals surface area (Å²) in [6.07, 6.45) is 2.63. The van der Waals surface area contributed by atoms with E-state index in [-0.39, 0.29) is 65.5 Å². The molecule has 0 saturated carbocycles. The summed E-state index contributed by atoms with van der Waals surface area (Å²) in [5, 5.41) is 1.67. The zero-order chi connectivity index (χ0) is 51.4. The van der Waals surface area contributed by atoms with E-state index in [1.807, 2.05) is 103 Å². The predicted molar refractivity (Wildman–Crippen MR) is 256 cm³/mol. The first kappa shape index (κ1) is 34.6. The van der Waals surface area contributed by atoms with Crippen molar-refractivity contribution in [2.75, 3.05) is 0 Å². The molecule has 0 atom stereocenters. The fraction of sp³-hybridized carbons (Fsp3) is 0.121. The van der Waals surface area contributed by atoms with Crippen LogP contribution in [-0.2, 0) is 26.5 Å². The van der Waals surface area contributed by atoms with Crippen LogP contribution in [-0.4, -0.2) is 15.0 Å². The van der Waals surface area contributed by atoms with Crippen LogP contribution < -0.4 is 0 Å². The first-order chi connectivity index (χ1) is 34.2. The molecule has 4 nitrogen and oxygen atoms in total. The van der Waals surface area contributed by atoms with Crippen molar-refractivity contribution in [3.05, 3.63) is 223 Å². The van der Waals surface area contributed by atoms with Crippen molar-refractivity contribution in [2.45, 2.75) is 40.8 Å². The number of aryl methyl sites for hydroxylation is 2. The second-order valence-electron chi connectivity index (χ2n) is 15.5. The van der Waals surface area contributed by atoms with Gasteiger partial charge in [0.05, 0.1) is 6.95 Å². The first-order valence-corrected chi connectivity index (χ1v) is 20.3. The van der Waals surface area contributed by atoms with Crippen LogP contribution in [0.5, 0.6) is 0 Å². The molecule has 6 heteroatoms. The molecule has 0 aliphatic rings. The molecule has 10 aromatic rings. The fourth-order valence-electron chi connectivity index (χ4n) is 6.96. The Morgan fingerprint density at radius 3 is 2.06 bits per heavy atom. The van der Waals surface area contributed by atoms with Crippen molar-refractivity contribution < 1.29 is 41.2 Å². The van der Waals surface area contributed by atoms with E-state index in [0.717, 1.165) is 33.2 Å². The van der Waals surface area contributed by atoms with E-state index in [1.165, 1.54) is 30.5 Å². The SMILES string of the molecule is Fc1ccc[c-]c1-c1ccccn1.[2H]c1cc(C([2H])([2H])C(C)(C)C)cc(C([2H])([2H])[2H])c1-c1cc(-c2[c-]ccc3c2oc2cc(-c4ccccc4)ccc23)ncc1C([2H])([2H])[2H].[Ir+3].[c-]1ccccc1-c1ccccn1. The minimum absolute atomic E-state index is 0. The van der Waals surface area contributed by atoms with E-state index < -0.39 is 25.5 Å². The van der Waals surface area contributed by atoms with Gasteiger partial charge in [-0.2, -0.15) is 0 Å². The zero-order valence-electron chi connectivity index (χ0n) is 44.2. The molecule has 0 aliphatic heterocycles. The molecule has 316 valence electrons. The largest absolute Gasteiger partial charge is 3.00 e. The quantitative estimate of drug-likeness (QED) is 0.156. The summed E-state index contributed by atoms with van der Waals surface area (Å²) >= 11 is 0. The van der Waals surface area contributed by atoms with Gasteiger partial charge in [-0.05, 0) is 99.7 Å². The Kier molecular flexibility index (Phi) is 11.1. The third kappa shape index (κ3) is 10.8. The van der Waals surface area contributed by atoms with Gasteiger partial charge in [-0.3, -0.25) is 4.39 Å². The Hall–Kier alpha value is -6.85. The number of nitrogens with zero attached hydrogens (tertiary/aromatic N) is 3. The van der Waals surface area contributed by atoms with E-state index in [0.29, 0.717) is 28.0 Å². The molecule has 0 saturated heterocycles. The van der Waals surface area contributed by atoms with Crippen LogP contribution in [0.25, 0.3) is 78.0 Å². The summed E-state index contributed by atoms with van der Waals surface area (Å²) in [5.74, 6) is -0.291. The van der Waals surface area contributed by atoms with Gasteiger partial charge >= 0.3 is 20.1 Å². The van der Waals surface area contributed by atoms with Crippen LogP contribution in [0.15, 0.2) is 187 Å². The Morgan fingerprint density at radius 2 is 1.36 bits per heavy atom. The molecule has 0 fully saturated rings. The van der Waals surface area contributed by atoms with E-state index in [4.69, 9.17) is 16.8 Å². The number of hydrogen-bond acceptors (Lipinski definition) is 4. The van der Waals surface area contributed by atoms with Crippen LogP contribution in [0.1, 0.15) is 49.8 Å². The van der Waals surface area contributed by atoms with Crippen LogP contribution in [0.2, 0.25) is 0 Å². The maximum absolute atomic E-state index is 13.2. The second-order valence-corrected chi connectivity index (χ2v) is 15.5. The molecule has 10 rings (SSSR count). The van der Waals surface area contributed by atoms with Gasteiger partial charge in [0.15, 0.2) is 0 Å². The molecule has 64 heavy (non-hydrogen) atoms. The summed E-state index contributed by atoms with van der Waals surface area (Å²) < 4.78 is 95.9. The average Bonchev–Trinajstić information content (AvgIpc) is 3.75. The van der Waals surface area contributed by atoms with Gasteiger partial charge in [-0.1, -0.05) is 128 Å². The minimum atomic E-state index is -2.79. The standard InChI is InChI=1S/C36H32NO.C11H7FN.C11H8N.Ir/c1-23-18-25(21-36(3,4)5)14-16-28(23)32-20-33(37-22-24(32)2)31-13-9-12-30-29-17-15-27(19-34(29)38-35(30)31)26-10-7-6-8-11-26;12-10-6-2-1-5-9(10)11-7-3-4-8-13-11;1-2-6-10(7-3-1)11-8-4-5-9-12-11;/h6-12,14-20,22H,21H2,1-5H3;1-4,6-8H;1-6,8-9H;/q3*-1;+3/i1D3,2D3,16D,21D2;;;. The molecule has 0 unspecified atom stereocenters. The van der Waals surface area contributed by atoms with Crippen LogP contribution in [0, 0.1) is 43.1 Å². The number of halogens is 1. The van der Waals surface area contributed by atoms with E-state index >= 15 is 0 Å². The number of hydrogen-bond donors (Lipinski definition) is 0. The first-order valence-electron chi connectivity index (χ1n) is 24.8. The topological polar surface area (TPSA) is 51.8 Å². The number of fused-ring (bicyclic) bond motifs is 3. The van der Waals surface area contributed by atoms with Crippen molar-refractivity contribution in [3.8, 4) is 56.0 Å². The van der Waals surface area contributed by atoms with Crippen molar-refractivity contribution in [2.24, 2.45) is 5.41 Å². The van der Waals surface area contributed by atoms with Gasteiger partial charge in [0.2, 0.25) is 0 Å². The van der Waals surface area contributed by atoms with Crippen molar-refractivity contribution >= 4 is 21.9 Å². The molecule has 0 aliphatic carbocycles. The number of aromatic nitrogens is 3. The van der Waals surface area contributed by atoms with E-state index in [2.05, 4.69) is 33.2 Å². The number of furan rings is 1. The fourth-order valence-corrected chi connectivity index (χ4v) is 6.96. The average molecular weight is 1020 g/mol. The molecule has 6 aromatic carbocycles. The molecule has 0 amide bonds. The van der Waals surface area contributed by atoms with Crippen molar-refractivity contribution in [1.82, 2.24) is 15.0 Å². The zero-order valence-corrected chi connectivity index (χ0v) is 37.6. The molecular formula is C58H47FIrN3O. The molecule has 4 aromatic heterocycles. The maximum atomic E-state index is 13.2. The van der Waals surface area contributed by atoms with Crippen LogP contribution >= 0.6 is 0 Å². The van der Waals surface area contributed by atoms with Gasteiger partial charge in [-0.25, -0.2) is 0 Å². The Bertz CT molecular complexity index is 3440. The molecule has 0 spiro atoms. The molecule has 4 heterocycles. The Morgan fingerprint density at radius 1 is 0.625 bits per heavy atom. The van der Waals surface area contributed by atoms with E-state index in [9.17, 15) is 4.39 Å². The molecule has 0 bridgehead atoms. The van der Waals surface area contributed by atoms with Crippen molar-refractivity contribution in [1.29, 1.82) is 0 Å². The number of benzene rings is 6. The third-order valence-electron chi connectivity index (χ3n) is 9.81. The third-order valence-corrected chi connectivity index (χ3v) is 9.81. The van der Waals surface area contributed by atoms with Gasteiger partial charge < -0.3 is 19.4 Å². The Balaban J connectivity index is 0.000000242. The summed E-state index contributed by atoms with van der Waals surface area (Å²) in [6, 6.07) is 56.0. The molecule has 0 radical (unpaired) electrons. The monoisotopic (exact) mass is 1020 g/mol. The number of rotatable bonds is 6. The summed E-state index contributed by atoms with van der Waals surface area (Å²) in [7, 11) is 0. The van der Waals surface area contributed by atoms with Gasteiger partial charge in [0.1, 0.15) is 5.58 Å². The molecule has 0 N–H and O–H groups in total. The maximum Gasteiger partial charge on any atom is 3.00 e. The summed E-state index contributed by atoms with van der Waals surface area (Å²) in [6.45, 7) is -0.399. The molecular weight excluding hydrogens is 966 g/mol. The van der Waals surface area contributed by atoms with E-state index in [1.54, 1.807) is 63.5 Å². The van der Waals surface area contributed by atoms with Crippen molar-refractivity contribution in [3.63, 3.8) is 0 Å². The smallest absolute Gasteiger partial charge is 0.501 e. The van der Waals surface area contributed by atoms with Crippen LogP contribution in [0.4, 0.5) is 4.39 Å².